The van der Waals surface area contributed by atoms with Crippen molar-refractivity contribution in [3.05, 3.63) is 40.3 Å². The third kappa shape index (κ3) is 10.5. The van der Waals surface area contributed by atoms with Gasteiger partial charge < -0.3 is 25.2 Å². The number of hydrogen-bond acceptors (Lipinski definition) is 6. The SMILES string of the molecule is CC(C)(C)OC(=O)NC(CCCNC(=O)OCc1ccc(N=[N+]=[N-])cc1)C(=O)O. The minimum absolute atomic E-state index is 0.0281. The Hall–Kier alpha value is -3.46. The van der Waals surface area contributed by atoms with Gasteiger partial charge in [0.15, 0.2) is 0 Å². The third-order valence-electron chi connectivity index (χ3n) is 3.39. The van der Waals surface area contributed by atoms with Crippen molar-refractivity contribution < 1.29 is 29.0 Å². The van der Waals surface area contributed by atoms with Crippen molar-refractivity contribution in [3.8, 4) is 0 Å². The number of ether oxygens (including phenoxy) is 2. The van der Waals surface area contributed by atoms with Crippen molar-refractivity contribution in [1.29, 1.82) is 0 Å². The summed E-state index contributed by atoms with van der Waals surface area (Å²) in [7, 11) is 0. The molecule has 0 aromatic heterocycles. The summed E-state index contributed by atoms with van der Waals surface area (Å²) in [4.78, 5) is 37.3. The zero-order valence-corrected chi connectivity index (χ0v) is 16.5. The molecule has 0 aliphatic rings. The maximum Gasteiger partial charge on any atom is 0.408 e. The molecule has 0 saturated heterocycles. The lowest BCUT2D eigenvalue weighted by molar-refractivity contribution is -0.139. The van der Waals surface area contributed by atoms with Crippen LogP contribution in [0, 0.1) is 0 Å². The van der Waals surface area contributed by atoms with E-state index in [0.29, 0.717) is 17.7 Å². The highest BCUT2D eigenvalue weighted by atomic mass is 16.6. The quantitative estimate of drug-likeness (QED) is 0.245. The fourth-order valence-corrected chi connectivity index (χ4v) is 2.11. The van der Waals surface area contributed by atoms with E-state index in [4.69, 9.17) is 15.0 Å². The number of carbonyl (C=O) groups is 3. The van der Waals surface area contributed by atoms with Gasteiger partial charge in [0.25, 0.3) is 0 Å². The lowest BCUT2D eigenvalue weighted by Gasteiger charge is -2.22. The molecule has 0 spiro atoms. The van der Waals surface area contributed by atoms with Crippen LogP contribution in [0.5, 0.6) is 0 Å². The number of nitrogens with zero attached hydrogens (tertiary/aromatic N) is 3. The van der Waals surface area contributed by atoms with Gasteiger partial charge in [0, 0.05) is 17.1 Å². The number of alkyl carbamates (subject to hydrolysis) is 2. The first kappa shape index (κ1) is 23.6. The van der Waals surface area contributed by atoms with Crippen molar-refractivity contribution in [2.75, 3.05) is 6.54 Å². The van der Waals surface area contributed by atoms with Crippen LogP contribution in [0.15, 0.2) is 29.4 Å². The van der Waals surface area contributed by atoms with Crippen molar-refractivity contribution in [1.82, 2.24) is 10.6 Å². The lowest BCUT2D eigenvalue weighted by atomic mass is 10.1. The zero-order chi connectivity index (χ0) is 21.9. The molecule has 0 saturated carbocycles. The van der Waals surface area contributed by atoms with Gasteiger partial charge in [-0.2, -0.15) is 0 Å². The highest BCUT2D eigenvalue weighted by Gasteiger charge is 2.23. The summed E-state index contributed by atoms with van der Waals surface area (Å²) in [6, 6.07) is 5.39. The molecule has 29 heavy (non-hydrogen) atoms. The fourth-order valence-electron chi connectivity index (χ4n) is 2.11. The Labute approximate surface area is 168 Å². The van der Waals surface area contributed by atoms with E-state index in [1.165, 1.54) is 0 Å². The second-order valence-corrected chi connectivity index (χ2v) is 7.04. The van der Waals surface area contributed by atoms with Crippen LogP contribution in [0.2, 0.25) is 0 Å². The highest BCUT2D eigenvalue weighted by molar-refractivity contribution is 5.80. The summed E-state index contributed by atoms with van der Waals surface area (Å²) >= 11 is 0. The number of rotatable bonds is 9. The van der Waals surface area contributed by atoms with Crippen molar-refractivity contribution >= 4 is 23.8 Å². The number of hydrogen-bond donors (Lipinski definition) is 3. The number of aliphatic carboxylic acids is 1. The molecule has 0 bridgehead atoms. The molecule has 1 aromatic rings. The van der Waals surface area contributed by atoms with E-state index in [1.54, 1.807) is 45.0 Å². The van der Waals surface area contributed by atoms with Crippen LogP contribution in [-0.4, -0.2) is 41.4 Å². The molecule has 11 nitrogen and oxygen atoms in total. The maximum atomic E-state index is 11.7. The smallest absolute Gasteiger partial charge is 0.408 e. The fraction of sp³-hybridized carbons (Fsp3) is 0.500. The number of amides is 2. The lowest BCUT2D eigenvalue weighted by Crippen LogP contribution is -2.43. The predicted molar refractivity (Wildman–Crippen MR) is 103 cm³/mol. The molecular formula is C18H25N5O6. The maximum absolute atomic E-state index is 11.7. The van der Waals surface area contributed by atoms with E-state index in [-0.39, 0.29) is 19.6 Å². The first-order valence-electron chi connectivity index (χ1n) is 8.87. The van der Waals surface area contributed by atoms with E-state index < -0.39 is 29.8 Å². The monoisotopic (exact) mass is 407 g/mol. The number of nitrogens with one attached hydrogen (secondary N) is 2. The minimum Gasteiger partial charge on any atom is -0.480 e. The summed E-state index contributed by atoms with van der Waals surface area (Å²) in [5, 5.41) is 17.4. The Balaban J connectivity index is 2.31. The minimum atomic E-state index is -1.19. The number of benzene rings is 1. The van der Waals surface area contributed by atoms with Gasteiger partial charge in [0.1, 0.15) is 18.2 Å². The Bertz CT molecular complexity index is 753. The molecule has 1 atom stereocenters. The molecular weight excluding hydrogens is 382 g/mol. The van der Waals surface area contributed by atoms with Gasteiger partial charge in [-0.3, -0.25) is 0 Å². The van der Waals surface area contributed by atoms with Gasteiger partial charge in [-0.15, -0.1) is 0 Å². The van der Waals surface area contributed by atoms with Gasteiger partial charge in [0.2, 0.25) is 0 Å². The van der Waals surface area contributed by atoms with Crippen LogP contribution in [-0.2, 0) is 20.9 Å². The van der Waals surface area contributed by atoms with Gasteiger partial charge in [-0.1, -0.05) is 29.4 Å². The summed E-state index contributed by atoms with van der Waals surface area (Å²) < 4.78 is 10.1. The molecule has 3 N–H and O–H groups in total. The summed E-state index contributed by atoms with van der Waals surface area (Å²) in [6.45, 7) is 5.22. The molecule has 158 valence electrons. The molecule has 0 radical (unpaired) electrons. The van der Waals surface area contributed by atoms with E-state index in [1.807, 2.05) is 0 Å². The Morgan fingerprint density at radius 1 is 1.21 bits per heavy atom. The van der Waals surface area contributed by atoms with Gasteiger partial charge in [-0.05, 0) is 44.7 Å². The number of carboxylic acids is 1. The van der Waals surface area contributed by atoms with Crippen LogP contribution < -0.4 is 10.6 Å². The van der Waals surface area contributed by atoms with Gasteiger partial charge in [-0.25, -0.2) is 14.4 Å². The van der Waals surface area contributed by atoms with E-state index in [0.717, 1.165) is 0 Å². The van der Waals surface area contributed by atoms with Gasteiger partial charge >= 0.3 is 18.2 Å². The van der Waals surface area contributed by atoms with E-state index in [2.05, 4.69) is 20.7 Å². The number of azide groups is 1. The molecule has 11 heteroatoms. The van der Waals surface area contributed by atoms with Crippen LogP contribution in [0.1, 0.15) is 39.2 Å². The predicted octanol–water partition coefficient (Wildman–Crippen LogP) is 3.61. The largest absolute Gasteiger partial charge is 0.480 e. The average molecular weight is 407 g/mol. The summed E-state index contributed by atoms with van der Waals surface area (Å²) in [5.74, 6) is -1.19. The van der Waals surface area contributed by atoms with Crippen molar-refractivity contribution in [2.45, 2.75) is 51.9 Å². The molecule has 2 amide bonds. The van der Waals surface area contributed by atoms with Crippen LogP contribution >= 0.6 is 0 Å². The summed E-state index contributed by atoms with van der Waals surface area (Å²) in [6.07, 6.45) is -1.06. The molecule has 0 heterocycles. The molecule has 0 fully saturated rings. The van der Waals surface area contributed by atoms with E-state index >= 15 is 0 Å². The van der Waals surface area contributed by atoms with Gasteiger partial charge in [0.05, 0.1) is 0 Å². The van der Waals surface area contributed by atoms with Crippen molar-refractivity contribution in [3.63, 3.8) is 0 Å². The van der Waals surface area contributed by atoms with Crippen LogP contribution in [0.25, 0.3) is 10.4 Å². The Morgan fingerprint density at radius 2 is 1.86 bits per heavy atom. The molecule has 1 aromatic carbocycles. The molecule has 1 rings (SSSR count). The zero-order valence-electron chi connectivity index (χ0n) is 16.5. The Morgan fingerprint density at radius 3 is 2.41 bits per heavy atom. The number of carbonyl (C=O) groups excluding carboxylic acids is 2. The first-order chi connectivity index (χ1) is 13.6. The standard InChI is InChI=1S/C18H25N5O6/c1-18(2,3)29-17(27)21-14(15(24)25)5-4-10-20-16(26)28-11-12-6-8-13(9-7-12)22-23-19/h6-9,14H,4-5,10-11H2,1-3H3,(H,20,26)(H,21,27)(H,24,25). The average Bonchev–Trinajstić information content (AvgIpc) is 2.62. The first-order valence-corrected chi connectivity index (χ1v) is 8.87. The molecule has 1 unspecified atom stereocenters. The topological polar surface area (TPSA) is 163 Å². The van der Waals surface area contributed by atoms with Crippen molar-refractivity contribution in [2.24, 2.45) is 5.11 Å². The second kappa shape index (κ2) is 11.4. The molecule has 0 aliphatic heterocycles. The molecule has 0 aliphatic carbocycles. The number of carboxylic acid groups (broad SMARTS) is 1. The normalized spacial score (nSPS) is 11.6. The summed E-state index contributed by atoms with van der Waals surface area (Å²) in [5.41, 5.74) is 8.77. The Kier molecular flexibility index (Phi) is 9.27. The van der Waals surface area contributed by atoms with E-state index in [9.17, 15) is 19.5 Å². The van der Waals surface area contributed by atoms with Crippen LogP contribution in [0.4, 0.5) is 15.3 Å². The highest BCUT2D eigenvalue weighted by Crippen LogP contribution is 2.13. The third-order valence-corrected chi connectivity index (χ3v) is 3.39. The van der Waals surface area contributed by atoms with Crippen LogP contribution in [0.3, 0.4) is 0 Å². The second-order valence-electron chi connectivity index (χ2n) is 7.04.